The van der Waals surface area contributed by atoms with Crippen molar-refractivity contribution >= 4 is 23.5 Å². The van der Waals surface area contributed by atoms with Gasteiger partial charge in [0, 0.05) is 13.1 Å². The number of hydrogen-bond donors (Lipinski definition) is 4. The van der Waals surface area contributed by atoms with Gasteiger partial charge in [0.2, 0.25) is 17.7 Å². The Bertz CT molecular complexity index is 1100. The van der Waals surface area contributed by atoms with Gasteiger partial charge in [-0.2, -0.15) is 0 Å². The highest BCUT2D eigenvalue weighted by Gasteiger charge is 2.50. The number of morpholine rings is 1. The second-order valence-electron chi connectivity index (χ2n) is 11.7. The van der Waals surface area contributed by atoms with Crippen LogP contribution in [-0.2, 0) is 28.7 Å². The molecule has 4 rings (SSSR count). The Labute approximate surface area is 246 Å². The Morgan fingerprint density at radius 1 is 1.05 bits per heavy atom. The molecule has 0 unspecified atom stereocenters. The molecule has 232 valence electrons. The van der Waals surface area contributed by atoms with E-state index in [4.69, 9.17) is 14.2 Å². The number of hydrogen-bond acceptors (Lipinski definition) is 9. The molecule has 1 aromatic rings. The van der Waals surface area contributed by atoms with Crippen molar-refractivity contribution < 1.29 is 38.5 Å². The van der Waals surface area contributed by atoms with Crippen LogP contribution in [0.5, 0.6) is 5.75 Å². The summed E-state index contributed by atoms with van der Waals surface area (Å²) in [6, 6.07) is 3.25. The van der Waals surface area contributed by atoms with Crippen LogP contribution in [0.1, 0.15) is 57.6 Å². The maximum atomic E-state index is 13.8. The van der Waals surface area contributed by atoms with Crippen molar-refractivity contribution in [3.63, 3.8) is 0 Å². The zero-order chi connectivity index (χ0) is 30.3. The SMILES string of the molecule is COc1ccc([C@@H](O)[C@H](NC(=O)[C@H](C)NC(=O)CN2CCOCC2)C(=O)N[C@@H](CC2CCCC2)C(=O)[C@]2(C)CO2)cc1. The molecule has 42 heavy (non-hydrogen) atoms. The molecule has 0 radical (unpaired) electrons. The lowest BCUT2D eigenvalue weighted by molar-refractivity contribution is -0.136. The first kappa shape index (κ1) is 31.9. The summed E-state index contributed by atoms with van der Waals surface area (Å²) in [7, 11) is 1.52. The van der Waals surface area contributed by atoms with Crippen LogP contribution in [0.4, 0.5) is 0 Å². The van der Waals surface area contributed by atoms with E-state index in [0.29, 0.717) is 56.6 Å². The number of epoxide rings is 1. The van der Waals surface area contributed by atoms with Gasteiger partial charge in [0.25, 0.3) is 0 Å². The van der Waals surface area contributed by atoms with Gasteiger partial charge in [0.1, 0.15) is 29.5 Å². The second kappa shape index (κ2) is 14.4. The van der Waals surface area contributed by atoms with Crippen molar-refractivity contribution in [3.05, 3.63) is 29.8 Å². The van der Waals surface area contributed by atoms with Gasteiger partial charge < -0.3 is 35.3 Å². The second-order valence-corrected chi connectivity index (χ2v) is 11.7. The van der Waals surface area contributed by atoms with Crippen LogP contribution in [0, 0.1) is 5.92 Å². The summed E-state index contributed by atoms with van der Waals surface area (Å²) in [4.78, 5) is 54.8. The van der Waals surface area contributed by atoms with E-state index in [1.807, 2.05) is 4.90 Å². The zero-order valence-electron chi connectivity index (χ0n) is 24.7. The highest BCUT2D eigenvalue weighted by molar-refractivity contribution is 5.98. The number of aliphatic hydroxyl groups excluding tert-OH is 1. The average molecular weight is 589 g/mol. The standard InChI is InChI=1S/C30H44N4O8/c1-19(31-24(35)17-34-12-14-41-15-13-34)28(38)33-25(26(36)21-8-10-22(40-3)11-9-21)29(39)32-23(16-20-6-4-5-7-20)27(37)30(2)18-42-30/h8-11,19-20,23,25-26,36H,4-7,12-18H2,1-3H3,(H,31,35)(H,32,39)(H,33,38)/t19-,23-,25-,26+,30-/m0/s1. The van der Waals surface area contributed by atoms with E-state index < -0.39 is 41.6 Å². The van der Waals surface area contributed by atoms with Gasteiger partial charge in [0.05, 0.1) is 39.5 Å². The molecule has 0 bridgehead atoms. The molecule has 3 aliphatic rings. The fraction of sp³-hybridized carbons (Fsp3) is 0.667. The van der Waals surface area contributed by atoms with Gasteiger partial charge in [-0.3, -0.25) is 24.1 Å². The van der Waals surface area contributed by atoms with E-state index in [1.54, 1.807) is 31.2 Å². The summed E-state index contributed by atoms with van der Waals surface area (Å²) in [6.45, 7) is 5.95. The summed E-state index contributed by atoms with van der Waals surface area (Å²) in [5.41, 5.74) is -0.570. The molecule has 5 atom stereocenters. The average Bonchev–Trinajstić information content (AvgIpc) is 3.53. The first-order chi connectivity index (χ1) is 20.1. The Hall–Kier alpha value is -3.06. The third kappa shape index (κ3) is 8.50. The molecule has 12 nitrogen and oxygen atoms in total. The lowest BCUT2D eigenvalue weighted by Crippen LogP contribution is -2.58. The van der Waals surface area contributed by atoms with Crippen molar-refractivity contribution in [1.82, 2.24) is 20.9 Å². The van der Waals surface area contributed by atoms with Gasteiger partial charge in [0.15, 0.2) is 5.78 Å². The summed E-state index contributed by atoms with van der Waals surface area (Å²) in [6.07, 6.45) is 3.15. The predicted molar refractivity (Wildman–Crippen MR) is 153 cm³/mol. The molecule has 1 aromatic carbocycles. The topological polar surface area (TPSA) is 159 Å². The van der Waals surface area contributed by atoms with Crippen molar-refractivity contribution in [2.45, 2.75) is 75.8 Å². The van der Waals surface area contributed by atoms with E-state index >= 15 is 0 Å². The number of carbonyl (C=O) groups excluding carboxylic acids is 4. The van der Waals surface area contributed by atoms with Crippen molar-refractivity contribution in [3.8, 4) is 5.75 Å². The van der Waals surface area contributed by atoms with Gasteiger partial charge >= 0.3 is 0 Å². The van der Waals surface area contributed by atoms with Crippen LogP contribution >= 0.6 is 0 Å². The summed E-state index contributed by atoms with van der Waals surface area (Å²) in [5.74, 6) is -1.03. The van der Waals surface area contributed by atoms with Crippen LogP contribution in [0.25, 0.3) is 0 Å². The quantitative estimate of drug-likeness (QED) is 0.227. The Morgan fingerprint density at radius 2 is 1.69 bits per heavy atom. The first-order valence-corrected chi connectivity index (χ1v) is 14.8. The number of rotatable bonds is 14. The third-order valence-electron chi connectivity index (χ3n) is 8.37. The Kier molecular flexibility index (Phi) is 10.9. The van der Waals surface area contributed by atoms with Crippen LogP contribution in [0.15, 0.2) is 24.3 Å². The summed E-state index contributed by atoms with van der Waals surface area (Å²) < 4.78 is 15.9. The molecule has 1 aliphatic carbocycles. The van der Waals surface area contributed by atoms with Crippen LogP contribution < -0.4 is 20.7 Å². The van der Waals surface area contributed by atoms with Gasteiger partial charge in [-0.05, 0) is 43.9 Å². The normalized spacial score (nSPS) is 23.7. The number of ether oxygens (including phenoxy) is 3. The van der Waals surface area contributed by atoms with Crippen LogP contribution in [0.3, 0.4) is 0 Å². The third-order valence-corrected chi connectivity index (χ3v) is 8.37. The molecule has 1 saturated carbocycles. The number of amides is 3. The largest absolute Gasteiger partial charge is 0.497 e. The molecule has 2 aliphatic heterocycles. The maximum Gasteiger partial charge on any atom is 0.246 e. The summed E-state index contributed by atoms with van der Waals surface area (Å²) in [5, 5.41) is 19.4. The maximum absolute atomic E-state index is 13.8. The molecule has 3 amide bonds. The van der Waals surface area contributed by atoms with Crippen LogP contribution in [-0.4, -0.2) is 104 Å². The number of aliphatic hydroxyl groups is 1. The minimum Gasteiger partial charge on any atom is -0.497 e. The number of ketones is 1. The van der Waals surface area contributed by atoms with E-state index in [9.17, 15) is 24.3 Å². The first-order valence-electron chi connectivity index (χ1n) is 14.8. The zero-order valence-corrected chi connectivity index (χ0v) is 24.7. The smallest absolute Gasteiger partial charge is 0.246 e. The van der Waals surface area contributed by atoms with Crippen molar-refractivity contribution in [2.24, 2.45) is 5.92 Å². The molecule has 2 heterocycles. The fourth-order valence-electron chi connectivity index (χ4n) is 5.57. The lowest BCUT2D eigenvalue weighted by atomic mass is 9.90. The molecule has 0 aromatic heterocycles. The van der Waals surface area contributed by atoms with E-state index in [-0.39, 0.29) is 18.2 Å². The number of Topliss-reactive ketones (excluding diaryl/α,β-unsaturated/α-hetero) is 1. The highest BCUT2D eigenvalue weighted by Crippen LogP contribution is 2.33. The molecule has 4 N–H and O–H groups in total. The Balaban J connectivity index is 1.47. The summed E-state index contributed by atoms with van der Waals surface area (Å²) >= 11 is 0. The number of nitrogens with zero attached hydrogens (tertiary/aromatic N) is 1. The molecular weight excluding hydrogens is 544 g/mol. The van der Waals surface area contributed by atoms with Gasteiger partial charge in [-0.25, -0.2) is 0 Å². The minimum atomic E-state index is -1.44. The van der Waals surface area contributed by atoms with Gasteiger partial charge in [-0.1, -0.05) is 37.8 Å². The number of methoxy groups -OCH3 is 1. The van der Waals surface area contributed by atoms with Gasteiger partial charge in [-0.15, -0.1) is 0 Å². The van der Waals surface area contributed by atoms with Crippen molar-refractivity contribution in [2.75, 3.05) is 46.6 Å². The van der Waals surface area contributed by atoms with E-state index in [2.05, 4.69) is 16.0 Å². The number of nitrogens with one attached hydrogen (secondary N) is 3. The number of benzene rings is 1. The molecule has 3 fully saturated rings. The van der Waals surface area contributed by atoms with E-state index in [0.717, 1.165) is 25.7 Å². The van der Waals surface area contributed by atoms with E-state index in [1.165, 1.54) is 14.0 Å². The Morgan fingerprint density at radius 3 is 2.29 bits per heavy atom. The van der Waals surface area contributed by atoms with Crippen LogP contribution in [0.2, 0.25) is 0 Å². The predicted octanol–water partition coefficient (Wildman–Crippen LogP) is 0.473. The minimum absolute atomic E-state index is 0.116. The molecule has 12 heteroatoms. The number of carbonyl (C=O) groups is 4. The molecular formula is C30H44N4O8. The highest BCUT2D eigenvalue weighted by atomic mass is 16.6. The fourth-order valence-corrected chi connectivity index (χ4v) is 5.57. The molecule has 0 spiro atoms. The lowest BCUT2D eigenvalue weighted by Gasteiger charge is -2.29. The molecule has 2 saturated heterocycles. The van der Waals surface area contributed by atoms with Crippen molar-refractivity contribution in [1.29, 1.82) is 0 Å². The monoisotopic (exact) mass is 588 g/mol.